The number of alkyl halides is 3. The average molecular weight is 542 g/mol. The molecule has 5 rings (SSSR count). The van der Waals surface area contributed by atoms with E-state index >= 15 is 0 Å². The zero-order valence-electron chi connectivity index (χ0n) is 21.6. The van der Waals surface area contributed by atoms with E-state index in [9.17, 15) is 23.1 Å². The van der Waals surface area contributed by atoms with Crippen LogP contribution in [-0.4, -0.2) is 47.8 Å². The Balaban J connectivity index is 1.24. The van der Waals surface area contributed by atoms with Crippen molar-refractivity contribution in [3.8, 4) is 22.9 Å². The van der Waals surface area contributed by atoms with Crippen molar-refractivity contribution in [1.82, 2.24) is 9.97 Å². The summed E-state index contributed by atoms with van der Waals surface area (Å²) >= 11 is 0. The first-order chi connectivity index (χ1) is 18.7. The van der Waals surface area contributed by atoms with Crippen molar-refractivity contribution >= 4 is 11.7 Å². The second-order valence-electron chi connectivity index (χ2n) is 10.1. The topological polar surface area (TPSA) is 84.8 Å². The first kappa shape index (κ1) is 26.8. The molecule has 2 aliphatic rings. The number of fused-ring (bicyclic) bond motifs is 1. The van der Waals surface area contributed by atoms with Crippen LogP contribution in [0.5, 0.6) is 11.6 Å². The van der Waals surface area contributed by atoms with E-state index in [2.05, 4.69) is 14.9 Å². The van der Waals surface area contributed by atoms with Crippen LogP contribution in [0.4, 0.5) is 18.9 Å². The molecular formula is C29H30F3N3O4. The first-order valence-electron chi connectivity index (χ1n) is 13.0. The van der Waals surface area contributed by atoms with Crippen molar-refractivity contribution in [2.24, 2.45) is 5.92 Å². The van der Waals surface area contributed by atoms with Crippen LogP contribution in [0, 0.1) is 5.92 Å². The molecule has 1 N–H and O–H groups in total. The number of hydrogen-bond donors (Lipinski definition) is 1. The summed E-state index contributed by atoms with van der Waals surface area (Å²) in [6, 6.07) is 9.85. The molecule has 1 atom stereocenters. The van der Waals surface area contributed by atoms with Gasteiger partial charge in [0.1, 0.15) is 5.75 Å². The molecule has 1 fully saturated rings. The molecule has 39 heavy (non-hydrogen) atoms. The smallest absolute Gasteiger partial charge is 0.417 e. The molecule has 10 heteroatoms. The zero-order valence-corrected chi connectivity index (χ0v) is 21.6. The van der Waals surface area contributed by atoms with E-state index in [1.165, 1.54) is 6.07 Å². The fourth-order valence-corrected chi connectivity index (χ4v) is 5.44. The lowest BCUT2D eigenvalue weighted by molar-refractivity contribution is -0.138. The van der Waals surface area contributed by atoms with E-state index in [4.69, 9.17) is 9.47 Å². The lowest BCUT2D eigenvalue weighted by Crippen LogP contribution is -2.36. The van der Waals surface area contributed by atoms with Crippen LogP contribution in [0.25, 0.3) is 11.3 Å². The Kier molecular flexibility index (Phi) is 7.63. The SMILES string of the molecule is COc1ccc(-c2ccc(C(F)(F)F)cn2)c(N2CCC(COc3cc4c(cn3)CCC4CC(=O)O)CC2)c1. The van der Waals surface area contributed by atoms with E-state index in [0.29, 0.717) is 29.8 Å². The van der Waals surface area contributed by atoms with E-state index in [1.807, 2.05) is 18.2 Å². The number of aromatic nitrogens is 2. The third kappa shape index (κ3) is 6.10. The van der Waals surface area contributed by atoms with Crippen molar-refractivity contribution in [3.63, 3.8) is 0 Å². The summed E-state index contributed by atoms with van der Waals surface area (Å²) in [7, 11) is 1.58. The molecule has 3 heterocycles. The molecule has 1 aliphatic heterocycles. The summed E-state index contributed by atoms with van der Waals surface area (Å²) in [4.78, 5) is 21.9. The number of halogens is 3. The maximum atomic E-state index is 13.0. The summed E-state index contributed by atoms with van der Waals surface area (Å²) < 4.78 is 50.5. The first-order valence-corrected chi connectivity index (χ1v) is 13.0. The van der Waals surface area contributed by atoms with Crippen LogP contribution < -0.4 is 14.4 Å². The van der Waals surface area contributed by atoms with Crippen LogP contribution in [0.15, 0.2) is 48.8 Å². The normalized spacial score (nSPS) is 17.6. The maximum Gasteiger partial charge on any atom is 0.417 e. The second-order valence-corrected chi connectivity index (χ2v) is 10.1. The Bertz CT molecular complexity index is 1320. The molecule has 0 bridgehead atoms. The molecule has 0 radical (unpaired) electrons. The summed E-state index contributed by atoms with van der Waals surface area (Å²) in [5.74, 6) is 0.700. The maximum absolute atomic E-state index is 13.0. The van der Waals surface area contributed by atoms with Crippen LogP contribution in [0.3, 0.4) is 0 Å². The molecule has 1 unspecified atom stereocenters. The number of aryl methyl sites for hydroxylation is 1. The number of ether oxygens (including phenoxy) is 2. The molecule has 1 saturated heterocycles. The summed E-state index contributed by atoms with van der Waals surface area (Å²) in [5, 5.41) is 9.20. The highest BCUT2D eigenvalue weighted by Crippen LogP contribution is 2.38. The minimum absolute atomic E-state index is 0.00213. The van der Waals surface area contributed by atoms with Gasteiger partial charge in [0, 0.05) is 48.9 Å². The van der Waals surface area contributed by atoms with Gasteiger partial charge in [-0.1, -0.05) is 0 Å². The van der Waals surface area contributed by atoms with E-state index < -0.39 is 17.7 Å². The number of nitrogens with zero attached hydrogens (tertiary/aromatic N) is 3. The quantitative estimate of drug-likeness (QED) is 0.376. The Labute approximate surface area is 224 Å². The molecule has 2 aromatic heterocycles. The number of hydrogen-bond acceptors (Lipinski definition) is 6. The Morgan fingerprint density at radius 2 is 1.87 bits per heavy atom. The molecular weight excluding hydrogens is 511 g/mol. The van der Waals surface area contributed by atoms with E-state index in [-0.39, 0.29) is 12.3 Å². The molecule has 0 amide bonds. The molecule has 206 valence electrons. The van der Waals surface area contributed by atoms with Crippen molar-refractivity contribution in [2.75, 3.05) is 31.7 Å². The third-order valence-corrected chi connectivity index (χ3v) is 7.61. The van der Waals surface area contributed by atoms with Gasteiger partial charge in [0.25, 0.3) is 0 Å². The number of carboxylic acid groups (broad SMARTS) is 1. The minimum atomic E-state index is -4.44. The number of benzene rings is 1. The van der Waals surface area contributed by atoms with Gasteiger partial charge in [-0.25, -0.2) is 4.98 Å². The number of carbonyl (C=O) groups is 1. The van der Waals surface area contributed by atoms with Crippen LogP contribution in [0.1, 0.15) is 48.3 Å². The summed E-state index contributed by atoms with van der Waals surface area (Å²) in [5.41, 5.74) is 3.42. The lowest BCUT2D eigenvalue weighted by atomic mass is 9.96. The number of pyridine rings is 2. The predicted octanol–water partition coefficient (Wildman–Crippen LogP) is 5.97. The van der Waals surface area contributed by atoms with Crippen LogP contribution in [0.2, 0.25) is 0 Å². The number of aliphatic carboxylic acids is 1. The van der Waals surface area contributed by atoms with Gasteiger partial charge in [-0.05, 0) is 72.9 Å². The van der Waals surface area contributed by atoms with Gasteiger partial charge in [0.15, 0.2) is 0 Å². The number of methoxy groups -OCH3 is 1. The number of anilines is 1. The van der Waals surface area contributed by atoms with Crippen molar-refractivity contribution < 1.29 is 32.5 Å². The Morgan fingerprint density at radius 3 is 2.54 bits per heavy atom. The summed E-state index contributed by atoms with van der Waals surface area (Å²) in [6.45, 7) is 1.99. The summed E-state index contributed by atoms with van der Waals surface area (Å²) in [6.07, 6.45) is 1.73. The number of carboxylic acids is 1. The number of piperidine rings is 1. The van der Waals surface area contributed by atoms with Gasteiger partial charge in [-0.2, -0.15) is 13.2 Å². The van der Waals surface area contributed by atoms with Crippen molar-refractivity contribution in [2.45, 2.75) is 44.2 Å². The highest BCUT2D eigenvalue weighted by molar-refractivity contribution is 5.78. The van der Waals surface area contributed by atoms with Gasteiger partial charge in [-0.15, -0.1) is 0 Å². The van der Waals surface area contributed by atoms with Gasteiger partial charge in [0.05, 0.1) is 31.4 Å². The number of rotatable bonds is 8. The fourth-order valence-electron chi connectivity index (χ4n) is 5.44. The standard InChI is InChI=1S/C29H30F3N3O4/c1-38-22-5-6-23(25-7-4-21(16-33-25)29(30,31)32)26(13-22)35-10-8-18(9-11-35)17-39-27-14-24-19(12-28(36)37)2-3-20(24)15-34-27/h4-7,13-16,18-19H,2-3,8-12,17H2,1H3,(H,36,37). The minimum Gasteiger partial charge on any atom is -0.497 e. The van der Waals surface area contributed by atoms with Crippen LogP contribution >= 0.6 is 0 Å². The molecule has 7 nitrogen and oxygen atoms in total. The van der Waals surface area contributed by atoms with Gasteiger partial charge in [-0.3, -0.25) is 9.78 Å². The Morgan fingerprint density at radius 1 is 1.08 bits per heavy atom. The highest BCUT2D eigenvalue weighted by Gasteiger charge is 2.31. The van der Waals surface area contributed by atoms with Crippen molar-refractivity contribution in [3.05, 3.63) is 65.5 Å². The average Bonchev–Trinajstić information content (AvgIpc) is 3.32. The monoisotopic (exact) mass is 541 g/mol. The van der Waals surface area contributed by atoms with E-state index in [0.717, 1.165) is 73.4 Å². The third-order valence-electron chi connectivity index (χ3n) is 7.61. The highest BCUT2D eigenvalue weighted by atomic mass is 19.4. The van der Waals surface area contributed by atoms with Gasteiger partial charge in [0.2, 0.25) is 5.88 Å². The van der Waals surface area contributed by atoms with Crippen LogP contribution in [-0.2, 0) is 17.4 Å². The van der Waals surface area contributed by atoms with Gasteiger partial charge >= 0.3 is 12.1 Å². The fraction of sp³-hybridized carbons (Fsp3) is 0.414. The molecule has 0 saturated carbocycles. The molecule has 1 aliphatic carbocycles. The largest absolute Gasteiger partial charge is 0.497 e. The van der Waals surface area contributed by atoms with Crippen molar-refractivity contribution in [1.29, 1.82) is 0 Å². The second kappa shape index (κ2) is 11.1. The molecule has 0 spiro atoms. The van der Waals surface area contributed by atoms with E-state index in [1.54, 1.807) is 19.4 Å². The Hall–Kier alpha value is -3.82. The zero-order chi connectivity index (χ0) is 27.6. The van der Waals surface area contributed by atoms with Gasteiger partial charge < -0.3 is 19.5 Å². The lowest BCUT2D eigenvalue weighted by Gasteiger charge is -2.34. The predicted molar refractivity (Wildman–Crippen MR) is 139 cm³/mol. The molecule has 1 aromatic carbocycles. The molecule has 3 aromatic rings.